The van der Waals surface area contributed by atoms with E-state index < -0.39 is 12.1 Å². The third kappa shape index (κ3) is 3.15. The van der Waals surface area contributed by atoms with Gasteiger partial charge < -0.3 is 9.84 Å². The first-order valence-corrected chi connectivity index (χ1v) is 6.39. The van der Waals surface area contributed by atoms with Gasteiger partial charge >= 0.3 is 5.97 Å². The largest absolute Gasteiger partial charge is 0.479 e. The molecule has 0 aliphatic carbocycles. The Hall–Kier alpha value is -1.72. The highest BCUT2D eigenvalue weighted by atomic mass is 32.1. The van der Waals surface area contributed by atoms with Crippen molar-refractivity contribution in [2.45, 2.75) is 19.6 Å². The van der Waals surface area contributed by atoms with Crippen molar-refractivity contribution in [1.29, 1.82) is 0 Å². The molecular formula is C13H13NO3S. The molecule has 0 amide bonds. The highest BCUT2D eigenvalue weighted by molar-refractivity contribution is 7.13. The molecule has 5 heteroatoms. The first-order valence-electron chi connectivity index (χ1n) is 5.51. The standard InChI is InChI=1S/C13H13NO3S/c1-9(13(15)16)17-7-11-8-18-12(14-11)10-5-3-2-4-6-10/h2-6,8-9H,7H2,1H3,(H,15,16). The number of carboxylic acids is 1. The topological polar surface area (TPSA) is 59.4 Å². The van der Waals surface area contributed by atoms with Gasteiger partial charge in [0.1, 0.15) is 5.01 Å². The van der Waals surface area contributed by atoms with Crippen molar-refractivity contribution < 1.29 is 14.6 Å². The van der Waals surface area contributed by atoms with E-state index in [9.17, 15) is 4.79 Å². The number of ether oxygens (including phenoxy) is 1. The van der Waals surface area contributed by atoms with Gasteiger partial charge in [0.2, 0.25) is 0 Å². The van der Waals surface area contributed by atoms with Crippen LogP contribution < -0.4 is 0 Å². The summed E-state index contributed by atoms with van der Waals surface area (Å²) in [7, 11) is 0. The number of carboxylic acid groups (broad SMARTS) is 1. The van der Waals surface area contributed by atoms with Crippen molar-refractivity contribution in [1.82, 2.24) is 4.98 Å². The lowest BCUT2D eigenvalue weighted by atomic mass is 10.2. The lowest BCUT2D eigenvalue weighted by Crippen LogP contribution is -2.19. The smallest absolute Gasteiger partial charge is 0.332 e. The van der Waals surface area contributed by atoms with Crippen molar-refractivity contribution in [3.63, 3.8) is 0 Å². The fourth-order valence-corrected chi connectivity index (χ4v) is 2.18. The van der Waals surface area contributed by atoms with Gasteiger partial charge in [-0.2, -0.15) is 0 Å². The van der Waals surface area contributed by atoms with Crippen LogP contribution in [0.4, 0.5) is 0 Å². The molecule has 0 spiro atoms. The maximum Gasteiger partial charge on any atom is 0.332 e. The lowest BCUT2D eigenvalue weighted by Gasteiger charge is -2.05. The van der Waals surface area contributed by atoms with Gasteiger partial charge in [0, 0.05) is 10.9 Å². The van der Waals surface area contributed by atoms with Crippen LogP contribution in [0.25, 0.3) is 10.6 Å². The van der Waals surface area contributed by atoms with Gasteiger partial charge in [-0.05, 0) is 6.92 Å². The van der Waals surface area contributed by atoms with Crippen LogP contribution in [0.5, 0.6) is 0 Å². The van der Waals surface area contributed by atoms with Crippen molar-refractivity contribution >= 4 is 17.3 Å². The lowest BCUT2D eigenvalue weighted by molar-refractivity contribution is -0.149. The van der Waals surface area contributed by atoms with Crippen LogP contribution in [0.15, 0.2) is 35.7 Å². The minimum atomic E-state index is -0.964. The van der Waals surface area contributed by atoms with E-state index in [0.29, 0.717) is 0 Å². The Morgan fingerprint density at radius 2 is 2.17 bits per heavy atom. The predicted molar refractivity (Wildman–Crippen MR) is 69.4 cm³/mol. The van der Waals surface area contributed by atoms with E-state index in [-0.39, 0.29) is 6.61 Å². The van der Waals surface area contributed by atoms with Crippen LogP contribution >= 0.6 is 11.3 Å². The molecule has 18 heavy (non-hydrogen) atoms. The number of aliphatic carboxylic acids is 1. The molecular weight excluding hydrogens is 250 g/mol. The molecule has 0 aliphatic rings. The van der Waals surface area contributed by atoms with Gasteiger partial charge in [0.15, 0.2) is 6.10 Å². The van der Waals surface area contributed by atoms with E-state index >= 15 is 0 Å². The summed E-state index contributed by atoms with van der Waals surface area (Å²) in [6.07, 6.45) is -0.813. The second kappa shape index (κ2) is 5.75. The fraction of sp³-hybridized carbons (Fsp3) is 0.231. The number of rotatable bonds is 5. The van der Waals surface area contributed by atoms with Crippen LogP contribution in [-0.4, -0.2) is 22.2 Å². The summed E-state index contributed by atoms with van der Waals surface area (Å²) in [4.78, 5) is 15.0. The summed E-state index contributed by atoms with van der Waals surface area (Å²) in [5.41, 5.74) is 1.81. The third-order valence-electron chi connectivity index (χ3n) is 2.40. The van der Waals surface area contributed by atoms with Gasteiger partial charge in [-0.3, -0.25) is 0 Å². The number of benzene rings is 1. The number of nitrogens with zero attached hydrogens (tertiary/aromatic N) is 1. The molecule has 1 N–H and O–H groups in total. The average molecular weight is 263 g/mol. The number of hydrogen-bond donors (Lipinski definition) is 1. The number of hydrogen-bond acceptors (Lipinski definition) is 4. The third-order valence-corrected chi connectivity index (χ3v) is 3.34. The number of aromatic nitrogens is 1. The van der Waals surface area contributed by atoms with Crippen molar-refractivity contribution in [3.8, 4) is 10.6 Å². The molecule has 2 aromatic rings. The molecule has 0 radical (unpaired) electrons. The highest BCUT2D eigenvalue weighted by Gasteiger charge is 2.12. The summed E-state index contributed by atoms with van der Waals surface area (Å²) in [5.74, 6) is -0.964. The summed E-state index contributed by atoms with van der Waals surface area (Å²) < 4.78 is 5.18. The molecule has 1 unspecified atom stereocenters. The van der Waals surface area contributed by atoms with Crippen LogP contribution in [0, 0.1) is 0 Å². The highest BCUT2D eigenvalue weighted by Crippen LogP contribution is 2.23. The fourth-order valence-electron chi connectivity index (χ4n) is 1.37. The zero-order chi connectivity index (χ0) is 13.0. The Bertz CT molecular complexity index is 524. The van der Waals surface area contributed by atoms with E-state index in [0.717, 1.165) is 16.3 Å². The molecule has 0 saturated heterocycles. The van der Waals surface area contributed by atoms with Crippen LogP contribution in [0.2, 0.25) is 0 Å². The summed E-state index contributed by atoms with van der Waals surface area (Å²) >= 11 is 1.52. The number of carbonyl (C=O) groups is 1. The molecule has 0 aliphatic heterocycles. The predicted octanol–water partition coefficient (Wildman–Crippen LogP) is 2.80. The Balaban J connectivity index is 2.01. The summed E-state index contributed by atoms with van der Waals surface area (Å²) in [6, 6.07) is 9.85. The van der Waals surface area contributed by atoms with E-state index in [1.54, 1.807) is 0 Å². The first kappa shape index (κ1) is 12.7. The molecule has 2 rings (SSSR count). The first-order chi connectivity index (χ1) is 8.66. The summed E-state index contributed by atoms with van der Waals surface area (Å²) in [6.45, 7) is 1.73. The average Bonchev–Trinajstić information content (AvgIpc) is 2.85. The normalized spacial score (nSPS) is 12.3. The second-order valence-corrected chi connectivity index (χ2v) is 4.66. The zero-order valence-electron chi connectivity index (χ0n) is 9.87. The van der Waals surface area contributed by atoms with E-state index in [1.165, 1.54) is 18.3 Å². The van der Waals surface area contributed by atoms with E-state index in [2.05, 4.69) is 4.98 Å². The Labute approximate surface area is 109 Å². The van der Waals surface area contributed by atoms with Crippen molar-refractivity contribution in [2.24, 2.45) is 0 Å². The number of thiazole rings is 1. The Kier molecular flexibility index (Phi) is 4.07. The zero-order valence-corrected chi connectivity index (χ0v) is 10.7. The van der Waals surface area contributed by atoms with Gasteiger partial charge in [-0.25, -0.2) is 9.78 Å². The quantitative estimate of drug-likeness (QED) is 0.901. The Morgan fingerprint density at radius 3 is 2.83 bits per heavy atom. The maximum absolute atomic E-state index is 10.6. The Morgan fingerprint density at radius 1 is 1.44 bits per heavy atom. The van der Waals surface area contributed by atoms with Crippen LogP contribution in [0.3, 0.4) is 0 Å². The van der Waals surface area contributed by atoms with Crippen molar-refractivity contribution in [2.75, 3.05) is 0 Å². The molecule has 94 valence electrons. The van der Waals surface area contributed by atoms with Crippen molar-refractivity contribution in [3.05, 3.63) is 41.4 Å². The van der Waals surface area contributed by atoms with Gasteiger partial charge in [0.05, 0.1) is 12.3 Å². The molecule has 4 nitrogen and oxygen atoms in total. The minimum absolute atomic E-state index is 0.219. The minimum Gasteiger partial charge on any atom is -0.479 e. The van der Waals surface area contributed by atoms with Crippen LogP contribution in [-0.2, 0) is 16.1 Å². The second-order valence-electron chi connectivity index (χ2n) is 3.80. The van der Waals surface area contributed by atoms with Crippen LogP contribution in [0.1, 0.15) is 12.6 Å². The SMILES string of the molecule is CC(OCc1csc(-c2ccccc2)n1)C(=O)O. The molecule has 0 saturated carbocycles. The van der Waals surface area contributed by atoms with E-state index in [1.807, 2.05) is 35.7 Å². The molecule has 0 fully saturated rings. The molecule has 1 aromatic heterocycles. The van der Waals surface area contributed by atoms with Gasteiger partial charge in [-0.15, -0.1) is 11.3 Å². The summed E-state index contributed by atoms with van der Waals surface area (Å²) in [5, 5.41) is 11.5. The molecule has 0 bridgehead atoms. The van der Waals surface area contributed by atoms with Gasteiger partial charge in [0.25, 0.3) is 0 Å². The molecule has 1 atom stereocenters. The monoisotopic (exact) mass is 263 g/mol. The molecule has 1 heterocycles. The molecule has 1 aromatic carbocycles. The maximum atomic E-state index is 10.6. The van der Waals surface area contributed by atoms with Gasteiger partial charge in [-0.1, -0.05) is 30.3 Å². The van der Waals surface area contributed by atoms with E-state index in [4.69, 9.17) is 9.84 Å².